The number of aromatic nitrogens is 1. The maximum Gasteiger partial charge on any atom is 0.0716 e. The predicted octanol–water partition coefficient (Wildman–Crippen LogP) is 4.51. The van der Waals surface area contributed by atoms with Gasteiger partial charge in [0.1, 0.15) is 0 Å². The molecule has 1 nitrogen and oxygen atoms in total. The second-order valence-electron chi connectivity index (χ2n) is 5.77. The highest BCUT2D eigenvalue weighted by Crippen LogP contribution is 2.43. The predicted molar refractivity (Wildman–Crippen MR) is 77.7 cm³/mol. The van der Waals surface area contributed by atoms with Crippen LogP contribution in [0.15, 0.2) is 28.7 Å². The van der Waals surface area contributed by atoms with Gasteiger partial charge < -0.3 is 0 Å². The maximum atomic E-state index is 4.91. The van der Waals surface area contributed by atoms with Crippen molar-refractivity contribution in [3.05, 3.63) is 40.0 Å². The normalized spacial score (nSPS) is 23.1. The average molecular weight is 302 g/mol. The highest BCUT2D eigenvalue weighted by molar-refractivity contribution is 9.10. The first-order valence-corrected chi connectivity index (χ1v) is 7.67. The Balaban J connectivity index is 1.78. The fraction of sp³-hybridized carbons (Fsp3) is 0.438. The van der Waals surface area contributed by atoms with Gasteiger partial charge in [0, 0.05) is 15.6 Å². The number of rotatable bonds is 1. The number of halogens is 1. The zero-order valence-corrected chi connectivity index (χ0v) is 11.9. The van der Waals surface area contributed by atoms with Crippen LogP contribution in [0.25, 0.3) is 10.9 Å². The van der Waals surface area contributed by atoms with Gasteiger partial charge in [0.2, 0.25) is 0 Å². The van der Waals surface area contributed by atoms with Gasteiger partial charge >= 0.3 is 0 Å². The number of hydrogen-bond donors (Lipinski definition) is 0. The highest BCUT2D eigenvalue weighted by atomic mass is 79.9. The molecule has 4 rings (SSSR count). The van der Waals surface area contributed by atoms with Gasteiger partial charge in [-0.3, -0.25) is 4.98 Å². The molecule has 0 bridgehead atoms. The summed E-state index contributed by atoms with van der Waals surface area (Å²) in [5.74, 6) is 1.92. The summed E-state index contributed by atoms with van der Waals surface area (Å²) in [6.07, 6.45) is 6.73. The third-order valence-corrected chi connectivity index (χ3v) is 4.97. The summed E-state index contributed by atoms with van der Waals surface area (Å²) in [5.41, 5.74) is 3.99. The zero-order valence-electron chi connectivity index (χ0n) is 10.3. The van der Waals surface area contributed by atoms with Gasteiger partial charge in [0.05, 0.1) is 5.52 Å². The maximum absolute atomic E-state index is 4.91. The minimum absolute atomic E-state index is 0.912. The van der Waals surface area contributed by atoms with E-state index >= 15 is 0 Å². The molecular formula is C16H16BrN. The lowest BCUT2D eigenvalue weighted by molar-refractivity contribution is 0.401. The Morgan fingerprint density at radius 2 is 1.94 bits per heavy atom. The summed E-state index contributed by atoms with van der Waals surface area (Å²) in [6, 6.07) is 8.76. The van der Waals surface area contributed by atoms with Crippen LogP contribution < -0.4 is 0 Å². The molecule has 0 saturated heterocycles. The van der Waals surface area contributed by atoms with Gasteiger partial charge in [-0.2, -0.15) is 0 Å². The first-order valence-electron chi connectivity index (χ1n) is 6.88. The van der Waals surface area contributed by atoms with Crippen molar-refractivity contribution >= 4 is 26.8 Å². The van der Waals surface area contributed by atoms with Crippen LogP contribution in [-0.4, -0.2) is 4.98 Å². The minimum Gasteiger partial charge on any atom is -0.253 e. The third kappa shape index (κ3) is 1.87. The molecule has 0 N–H and O–H groups in total. The van der Waals surface area contributed by atoms with Crippen molar-refractivity contribution in [2.45, 2.75) is 32.1 Å². The number of pyridine rings is 1. The molecule has 0 radical (unpaired) electrons. The van der Waals surface area contributed by atoms with Crippen LogP contribution in [0.3, 0.4) is 0 Å². The van der Waals surface area contributed by atoms with Crippen LogP contribution in [0.4, 0.5) is 0 Å². The van der Waals surface area contributed by atoms with Gasteiger partial charge in [0.25, 0.3) is 0 Å². The van der Waals surface area contributed by atoms with Crippen molar-refractivity contribution in [1.29, 1.82) is 0 Å². The lowest BCUT2D eigenvalue weighted by Gasteiger charge is -2.24. The quantitative estimate of drug-likeness (QED) is 0.755. The van der Waals surface area contributed by atoms with Crippen molar-refractivity contribution in [3.8, 4) is 0 Å². The zero-order chi connectivity index (χ0) is 12.1. The number of aryl methyl sites for hydroxylation is 1. The average Bonchev–Trinajstić information content (AvgIpc) is 3.20. The molecule has 92 valence electrons. The fourth-order valence-electron chi connectivity index (χ4n) is 3.28. The van der Waals surface area contributed by atoms with E-state index in [0.717, 1.165) is 21.8 Å². The Morgan fingerprint density at radius 1 is 1.06 bits per heavy atom. The van der Waals surface area contributed by atoms with Crippen LogP contribution in [0.5, 0.6) is 0 Å². The van der Waals surface area contributed by atoms with E-state index in [1.165, 1.54) is 48.7 Å². The molecule has 2 aromatic rings. The standard InChI is InChI=1S/C16H16BrN/c17-14-6-5-13-7-12-4-3-11(10-1-2-10)8-15(12)18-16(13)9-14/h5-7,9-11H,1-4,8H2/t11-/m1/s1. The molecule has 1 heterocycles. The summed E-state index contributed by atoms with van der Waals surface area (Å²) in [4.78, 5) is 4.91. The highest BCUT2D eigenvalue weighted by Gasteiger charge is 2.33. The molecule has 0 spiro atoms. The van der Waals surface area contributed by atoms with Gasteiger partial charge in [-0.25, -0.2) is 0 Å². The molecule has 0 amide bonds. The SMILES string of the molecule is Brc1ccc2cc3c(nc2c1)C[C@H](C1CC1)CC3. The lowest BCUT2D eigenvalue weighted by atomic mass is 9.83. The molecule has 1 aromatic carbocycles. The molecular weight excluding hydrogens is 286 g/mol. The van der Waals surface area contributed by atoms with Gasteiger partial charge in [-0.15, -0.1) is 0 Å². The molecule has 0 unspecified atom stereocenters. The van der Waals surface area contributed by atoms with Crippen molar-refractivity contribution in [1.82, 2.24) is 4.98 Å². The Morgan fingerprint density at radius 3 is 2.78 bits per heavy atom. The third-order valence-electron chi connectivity index (χ3n) is 4.48. The van der Waals surface area contributed by atoms with E-state index in [4.69, 9.17) is 4.98 Å². The number of fused-ring (bicyclic) bond motifs is 2. The molecule has 2 aliphatic rings. The Kier molecular flexibility index (Phi) is 2.47. The van der Waals surface area contributed by atoms with Gasteiger partial charge in [-0.05, 0) is 67.7 Å². The van der Waals surface area contributed by atoms with E-state index in [0.29, 0.717) is 0 Å². The van der Waals surface area contributed by atoms with Crippen LogP contribution >= 0.6 is 15.9 Å². The monoisotopic (exact) mass is 301 g/mol. The molecule has 1 aromatic heterocycles. The molecule has 1 saturated carbocycles. The summed E-state index contributed by atoms with van der Waals surface area (Å²) in [5, 5.41) is 1.28. The first kappa shape index (κ1) is 11.0. The number of benzene rings is 1. The lowest BCUT2D eigenvalue weighted by Crippen LogP contribution is -2.17. The van der Waals surface area contributed by atoms with E-state index in [9.17, 15) is 0 Å². The van der Waals surface area contributed by atoms with E-state index in [2.05, 4.69) is 40.2 Å². The molecule has 2 heteroatoms. The topological polar surface area (TPSA) is 12.9 Å². The first-order chi connectivity index (χ1) is 8.79. The second kappa shape index (κ2) is 4.06. The van der Waals surface area contributed by atoms with Crippen LogP contribution in [0.2, 0.25) is 0 Å². The minimum atomic E-state index is 0.912. The summed E-state index contributed by atoms with van der Waals surface area (Å²) >= 11 is 3.53. The van der Waals surface area contributed by atoms with E-state index in [-0.39, 0.29) is 0 Å². The van der Waals surface area contributed by atoms with Crippen molar-refractivity contribution < 1.29 is 0 Å². The van der Waals surface area contributed by atoms with E-state index in [1.54, 1.807) is 0 Å². The largest absolute Gasteiger partial charge is 0.253 e. The van der Waals surface area contributed by atoms with E-state index < -0.39 is 0 Å². The van der Waals surface area contributed by atoms with Crippen LogP contribution in [0.1, 0.15) is 30.5 Å². The van der Waals surface area contributed by atoms with E-state index in [1.807, 2.05) is 0 Å². The molecule has 0 aliphatic heterocycles. The summed E-state index contributed by atoms with van der Waals surface area (Å²) in [6.45, 7) is 0. The Labute approximate surface area is 116 Å². The molecule has 18 heavy (non-hydrogen) atoms. The van der Waals surface area contributed by atoms with Crippen molar-refractivity contribution in [2.75, 3.05) is 0 Å². The summed E-state index contributed by atoms with van der Waals surface area (Å²) in [7, 11) is 0. The second-order valence-corrected chi connectivity index (χ2v) is 6.69. The van der Waals surface area contributed by atoms with Crippen molar-refractivity contribution in [3.63, 3.8) is 0 Å². The number of nitrogens with zero attached hydrogens (tertiary/aromatic N) is 1. The van der Waals surface area contributed by atoms with Gasteiger partial charge in [0.15, 0.2) is 0 Å². The smallest absolute Gasteiger partial charge is 0.0716 e. The van der Waals surface area contributed by atoms with Crippen molar-refractivity contribution in [2.24, 2.45) is 11.8 Å². The summed E-state index contributed by atoms with van der Waals surface area (Å²) < 4.78 is 1.12. The van der Waals surface area contributed by atoms with Crippen LogP contribution in [-0.2, 0) is 12.8 Å². The molecule has 2 aliphatic carbocycles. The Bertz CT molecular complexity index is 616. The number of hydrogen-bond acceptors (Lipinski definition) is 1. The molecule has 1 atom stereocenters. The Hall–Kier alpha value is -0.890. The van der Waals surface area contributed by atoms with Crippen LogP contribution in [0, 0.1) is 11.8 Å². The van der Waals surface area contributed by atoms with Gasteiger partial charge in [-0.1, -0.05) is 22.0 Å². The fourth-order valence-corrected chi connectivity index (χ4v) is 3.63. The molecule has 1 fully saturated rings.